The lowest BCUT2D eigenvalue weighted by Gasteiger charge is -2.15. The monoisotopic (exact) mass is 302 g/mol. The zero-order valence-electron chi connectivity index (χ0n) is 12.1. The Kier molecular flexibility index (Phi) is 5.10. The predicted octanol–water partition coefficient (Wildman–Crippen LogP) is 1.64. The number of anilines is 1. The second-order valence-corrected chi connectivity index (χ2v) is 4.91. The number of hydrogen-bond acceptors (Lipinski definition) is 6. The standard InChI is InChI=1S/C14H18N6S/c1-3-10-11(4-2)19-20-14(12(10)13(15)21)17-7-9-5-6-16-8-18-9/h5-6,8H,3-4,7H2,1-2H3,(H2,15,21)(H,17,20). The van der Waals surface area contributed by atoms with Gasteiger partial charge in [0.1, 0.15) is 11.3 Å². The third-order valence-electron chi connectivity index (χ3n) is 3.17. The normalized spacial score (nSPS) is 10.4. The average Bonchev–Trinajstić information content (AvgIpc) is 2.52. The largest absolute Gasteiger partial charge is 0.389 e. The molecule has 6 nitrogen and oxygen atoms in total. The van der Waals surface area contributed by atoms with Crippen LogP contribution in [0.2, 0.25) is 0 Å². The molecule has 0 radical (unpaired) electrons. The lowest BCUT2D eigenvalue weighted by atomic mass is 10.0. The molecule has 0 saturated heterocycles. The van der Waals surface area contributed by atoms with Gasteiger partial charge in [0.05, 0.1) is 23.5 Å². The van der Waals surface area contributed by atoms with Crippen molar-refractivity contribution in [3.05, 3.63) is 41.1 Å². The molecule has 0 aliphatic rings. The van der Waals surface area contributed by atoms with Crippen molar-refractivity contribution in [2.24, 2.45) is 5.73 Å². The zero-order valence-corrected chi connectivity index (χ0v) is 12.9. The minimum atomic E-state index is 0.335. The molecule has 2 aromatic rings. The van der Waals surface area contributed by atoms with Gasteiger partial charge in [0.2, 0.25) is 0 Å². The van der Waals surface area contributed by atoms with Crippen LogP contribution in [0.5, 0.6) is 0 Å². The number of thiocarbonyl (C=S) groups is 1. The summed E-state index contributed by atoms with van der Waals surface area (Å²) < 4.78 is 0. The van der Waals surface area contributed by atoms with Gasteiger partial charge in [-0.2, -0.15) is 5.10 Å². The topological polar surface area (TPSA) is 89.6 Å². The lowest BCUT2D eigenvalue weighted by Crippen LogP contribution is -2.19. The molecular weight excluding hydrogens is 284 g/mol. The quantitative estimate of drug-likeness (QED) is 0.784. The second-order valence-electron chi connectivity index (χ2n) is 4.47. The van der Waals surface area contributed by atoms with Gasteiger partial charge in [-0.05, 0) is 24.5 Å². The minimum absolute atomic E-state index is 0.335. The fourth-order valence-electron chi connectivity index (χ4n) is 2.16. The molecule has 2 rings (SSSR count). The van der Waals surface area contributed by atoms with E-state index in [1.807, 2.05) is 13.0 Å². The molecule has 0 aliphatic heterocycles. The Morgan fingerprint density at radius 2 is 2.10 bits per heavy atom. The highest BCUT2D eigenvalue weighted by Crippen LogP contribution is 2.21. The van der Waals surface area contributed by atoms with Gasteiger partial charge < -0.3 is 11.1 Å². The predicted molar refractivity (Wildman–Crippen MR) is 86.0 cm³/mol. The van der Waals surface area contributed by atoms with Crippen molar-refractivity contribution in [3.8, 4) is 0 Å². The van der Waals surface area contributed by atoms with Crippen molar-refractivity contribution in [3.63, 3.8) is 0 Å². The van der Waals surface area contributed by atoms with Crippen LogP contribution in [0.4, 0.5) is 5.82 Å². The maximum atomic E-state index is 5.88. The first kappa shape index (κ1) is 15.2. The number of rotatable bonds is 6. The third kappa shape index (κ3) is 3.49. The highest BCUT2D eigenvalue weighted by molar-refractivity contribution is 7.80. The van der Waals surface area contributed by atoms with Gasteiger partial charge in [0.15, 0.2) is 5.82 Å². The van der Waals surface area contributed by atoms with Crippen LogP contribution in [-0.4, -0.2) is 25.2 Å². The van der Waals surface area contributed by atoms with Crippen molar-refractivity contribution in [2.45, 2.75) is 33.2 Å². The van der Waals surface area contributed by atoms with E-state index in [-0.39, 0.29) is 0 Å². The van der Waals surface area contributed by atoms with Crippen LogP contribution in [0.3, 0.4) is 0 Å². The van der Waals surface area contributed by atoms with Gasteiger partial charge in [-0.15, -0.1) is 5.10 Å². The molecule has 0 amide bonds. The lowest BCUT2D eigenvalue weighted by molar-refractivity contribution is 0.867. The van der Waals surface area contributed by atoms with Gasteiger partial charge in [-0.25, -0.2) is 9.97 Å². The maximum absolute atomic E-state index is 5.88. The summed E-state index contributed by atoms with van der Waals surface area (Å²) in [6.45, 7) is 4.62. The second kappa shape index (κ2) is 7.03. The molecule has 0 fully saturated rings. The molecule has 0 bridgehead atoms. The Labute approximate surface area is 129 Å². The Morgan fingerprint density at radius 1 is 1.29 bits per heavy atom. The number of aryl methyl sites for hydroxylation is 1. The highest BCUT2D eigenvalue weighted by Gasteiger charge is 2.16. The first-order chi connectivity index (χ1) is 10.2. The summed E-state index contributed by atoms with van der Waals surface area (Å²) >= 11 is 5.19. The maximum Gasteiger partial charge on any atom is 0.159 e. The van der Waals surface area contributed by atoms with E-state index < -0.39 is 0 Å². The van der Waals surface area contributed by atoms with Gasteiger partial charge in [0.25, 0.3) is 0 Å². The summed E-state index contributed by atoms with van der Waals surface area (Å²) in [6.07, 6.45) is 4.82. The van der Waals surface area contributed by atoms with Gasteiger partial charge in [0, 0.05) is 6.20 Å². The number of hydrogen-bond donors (Lipinski definition) is 2. The molecule has 0 saturated carbocycles. The smallest absolute Gasteiger partial charge is 0.159 e. The molecular formula is C14H18N6S. The Bertz CT molecular complexity index is 629. The number of nitrogens with zero attached hydrogens (tertiary/aromatic N) is 4. The van der Waals surface area contributed by atoms with E-state index in [0.29, 0.717) is 17.4 Å². The number of aromatic nitrogens is 4. The van der Waals surface area contributed by atoms with Crippen LogP contribution in [0.1, 0.15) is 36.4 Å². The summed E-state index contributed by atoms with van der Waals surface area (Å²) in [5.74, 6) is 0.607. The fourth-order valence-corrected chi connectivity index (χ4v) is 2.38. The van der Waals surface area contributed by atoms with E-state index in [1.165, 1.54) is 6.33 Å². The van der Waals surface area contributed by atoms with Gasteiger partial charge >= 0.3 is 0 Å². The van der Waals surface area contributed by atoms with E-state index in [1.54, 1.807) is 6.20 Å². The fraction of sp³-hybridized carbons (Fsp3) is 0.357. The Morgan fingerprint density at radius 3 is 2.67 bits per heavy atom. The summed E-state index contributed by atoms with van der Waals surface area (Å²) in [4.78, 5) is 8.38. The van der Waals surface area contributed by atoms with Crippen molar-refractivity contribution in [2.75, 3.05) is 5.32 Å². The summed E-state index contributed by atoms with van der Waals surface area (Å²) in [7, 11) is 0. The van der Waals surface area contributed by atoms with E-state index in [9.17, 15) is 0 Å². The van der Waals surface area contributed by atoms with E-state index >= 15 is 0 Å². The Hall–Kier alpha value is -2.15. The number of nitrogens with two attached hydrogens (primary N) is 1. The summed E-state index contributed by atoms with van der Waals surface area (Å²) in [6, 6.07) is 1.84. The van der Waals surface area contributed by atoms with Crippen LogP contribution in [0, 0.1) is 0 Å². The molecule has 0 aromatic carbocycles. The van der Waals surface area contributed by atoms with Crippen molar-refractivity contribution >= 4 is 23.0 Å². The first-order valence-corrected chi connectivity index (χ1v) is 7.25. The summed E-state index contributed by atoms with van der Waals surface area (Å²) in [5, 5.41) is 11.7. The molecule has 0 atom stereocenters. The SMILES string of the molecule is CCc1nnc(NCc2ccncn2)c(C(N)=S)c1CC. The Balaban J connectivity index is 2.32. The van der Waals surface area contributed by atoms with Crippen LogP contribution < -0.4 is 11.1 Å². The van der Waals surface area contributed by atoms with Crippen molar-refractivity contribution in [1.82, 2.24) is 20.2 Å². The van der Waals surface area contributed by atoms with Gasteiger partial charge in [-0.1, -0.05) is 26.1 Å². The summed E-state index contributed by atoms with van der Waals surface area (Å²) in [5.41, 5.74) is 9.52. The van der Waals surface area contributed by atoms with Crippen LogP contribution in [0.15, 0.2) is 18.6 Å². The minimum Gasteiger partial charge on any atom is -0.389 e. The number of nitrogens with one attached hydrogen (secondary N) is 1. The first-order valence-electron chi connectivity index (χ1n) is 6.84. The molecule has 0 unspecified atom stereocenters. The van der Waals surface area contributed by atoms with Crippen molar-refractivity contribution < 1.29 is 0 Å². The van der Waals surface area contributed by atoms with E-state index in [2.05, 4.69) is 32.4 Å². The van der Waals surface area contributed by atoms with Crippen LogP contribution >= 0.6 is 12.2 Å². The van der Waals surface area contributed by atoms with E-state index in [4.69, 9.17) is 18.0 Å². The molecule has 2 aromatic heterocycles. The average molecular weight is 302 g/mol. The molecule has 0 spiro atoms. The molecule has 110 valence electrons. The molecule has 0 aliphatic carbocycles. The van der Waals surface area contributed by atoms with Crippen molar-refractivity contribution in [1.29, 1.82) is 0 Å². The zero-order chi connectivity index (χ0) is 15.2. The molecule has 7 heteroatoms. The highest BCUT2D eigenvalue weighted by atomic mass is 32.1. The van der Waals surface area contributed by atoms with E-state index in [0.717, 1.165) is 35.4 Å². The van der Waals surface area contributed by atoms with Crippen LogP contribution in [-0.2, 0) is 19.4 Å². The van der Waals surface area contributed by atoms with Gasteiger partial charge in [-0.3, -0.25) is 0 Å². The van der Waals surface area contributed by atoms with Crippen LogP contribution in [0.25, 0.3) is 0 Å². The molecule has 3 N–H and O–H groups in total. The third-order valence-corrected chi connectivity index (χ3v) is 3.38. The molecule has 2 heterocycles. The molecule has 21 heavy (non-hydrogen) atoms.